The van der Waals surface area contributed by atoms with Crippen LogP contribution in [0.1, 0.15) is 15.9 Å². The Morgan fingerprint density at radius 2 is 1.89 bits per heavy atom. The van der Waals surface area contributed by atoms with Crippen molar-refractivity contribution < 1.29 is 4.79 Å². The van der Waals surface area contributed by atoms with Crippen molar-refractivity contribution in [3.63, 3.8) is 0 Å². The van der Waals surface area contributed by atoms with Gasteiger partial charge in [0, 0.05) is 20.0 Å². The van der Waals surface area contributed by atoms with Gasteiger partial charge in [0.15, 0.2) is 0 Å². The summed E-state index contributed by atoms with van der Waals surface area (Å²) < 4.78 is 1.69. The molecule has 1 amide bonds. The Labute approximate surface area is 137 Å². The van der Waals surface area contributed by atoms with E-state index in [9.17, 15) is 4.79 Å². The first kappa shape index (κ1) is 14.8. The zero-order valence-electron chi connectivity index (χ0n) is 9.79. The molecule has 1 N–H and O–H groups in total. The van der Waals surface area contributed by atoms with Crippen LogP contribution >= 0.6 is 47.8 Å². The second-order valence-electron chi connectivity index (χ2n) is 3.91. The largest absolute Gasteiger partial charge is 0.322 e. The number of amides is 1. The Balaban J connectivity index is 2.20. The number of anilines is 1. The van der Waals surface area contributed by atoms with Crippen LogP contribution in [0, 0.1) is 0 Å². The first-order valence-corrected chi connectivity index (χ1v) is 8.22. The lowest BCUT2D eigenvalue weighted by molar-refractivity contribution is 0.102. The smallest absolute Gasteiger partial charge is 0.256 e. The summed E-state index contributed by atoms with van der Waals surface area (Å²) in [7, 11) is 0. The lowest BCUT2D eigenvalue weighted by atomic mass is 10.2. The number of carbonyl (C=O) groups is 1. The van der Waals surface area contributed by atoms with Crippen molar-refractivity contribution in [3.8, 4) is 0 Å². The lowest BCUT2D eigenvalue weighted by Gasteiger charge is -2.08. The standard InChI is InChI=1S/C14H10Br3NO/c15-8-9-2-1-3-11(6-9)18-14(19)12-5-4-10(16)7-13(12)17/h1-7H,8H2,(H,18,19). The molecule has 0 bridgehead atoms. The molecule has 2 aromatic carbocycles. The van der Waals surface area contributed by atoms with E-state index in [1.54, 1.807) is 6.07 Å². The van der Waals surface area contributed by atoms with E-state index >= 15 is 0 Å². The third-order valence-electron chi connectivity index (χ3n) is 2.51. The second kappa shape index (κ2) is 6.68. The van der Waals surface area contributed by atoms with E-state index in [1.165, 1.54) is 0 Å². The summed E-state index contributed by atoms with van der Waals surface area (Å²) in [5.41, 5.74) is 2.51. The van der Waals surface area contributed by atoms with E-state index in [0.29, 0.717) is 5.56 Å². The number of halogens is 3. The van der Waals surface area contributed by atoms with Crippen molar-refractivity contribution in [2.45, 2.75) is 5.33 Å². The molecule has 0 saturated carbocycles. The summed E-state index contributed by atoms with van der Waals surface area (Å²) >= 11 is 10.2. The number of nitrogens with one attached hydrogen (secondary N) is 1. The van der Waals surface area contributed by atoms with Gasteiger partial charge in [-0.25, -0.2) is 0 Å². The summed E-state index contributed by atoms with van der Waals surface area (Å²) in [6, 6.07) is 13.2. The summed E-state index contributed by atoms with van der Waals surface area (Å²) in [4.78, 5) is 12.2. The quantitative estimate of drug-likeness (QED) is 0.630. The van der Waals surface area contributed by atoms with Crippen molar-refractivity contribution in [2.75, 3.05) is 5.32 Å². The lowest BCUT2D eigenvalue weighted by Crippen LogP contribution is -2.12. The van der Waals surface area contributed by atoms with Crippen LogP contribution in [0.15, 0.2) is 51.4 Å². The van der Waals surface area contributed by atoms with Crippen molar-refractivity contribution in [1.29, 1.82) is 0 Å². The molecule has 2 nitrogen and oxygen atoms in total. The average molecular weight is 448 g/mol. The molecule has 0 aliphatic rings. The molecule has 0 radical (unpaired) electrons. The van der Waals surface area contributed by atoms with E-state index in [4.69, 9.17) is 0 Å². The maximum atomic E-state index is 12.2. The third kappa shape index (κ3) is 3.91. The topological polar surface area (TPSA) is 29.1 Å². The van der Waals surface area contributed by atoms with E-state index in [2.05, 4.69) is 53.1 Å². The van der Waals surface area contributed by atoms with Gasteiger partial charge in [-0.05, 0) is 51.8 Å². The van der Waals surface area contributed by atoms with Gasteiger partial charge in [0.2, 0.25) is 0 Å². The number of rotatable bonds is 3. The first-order valence-electron chi connectivity index (χ1n) is 5.51. The predicted molar refractivity (Wildman–Crippen MR) is 88.9 cm³/mol. The van der Waals surface area contributed by atoms with E-state index in [-0.39, 0.29) is 5.91 Å². The number of alkyl halides is 1. The molecule has 0 saturated heterocycles. The molecular weight excluding hydrogens is 438 g/mol. The minimum absolute atomic E-state index is 0.133. The van der Waals surface area contributed by atoms with Crippen LogP contribution in [0.4, 0.5) is 5.69 Å². The molecule has 2 aromatic rings. The fraction of sp³-hybridized carbons (Fsp3) is 0.0714. The maximum absolute atomic E-state index is 12.2. The molecule has 19 heavy (non-hydrogen) atoms. The summed E-state index contributed by atoms with van der Waals surface area (Å²) in [6.07, 6.45) is 0. The molecule has 0 spiro atoms. The van der Waals surface area contributed by atoms with Gasteiger partial charge in [0.25, 0.3) is 5.91 Å². The van der Waals surface area contributed by atoms with Gasteiger partial charge in [-0.3, -0.25) is 4.79 Å². The molecule has 0 aliphatic heterocycles. The molecule has 2 rings (SSSR count). The highest BCUT2D eigenvalue weighted by Crippen LogP contribution is 2.23. The molecule has 0 fully saturated rings. The molecular formula is C14H10Br3NO. The zero-order chi connectivity index (χ0) is 13.8. The Kier molecular flexibility index (Phi) is 5.19. The summed E-state index contributed by atoms with van der Waals surface area (Å²) in [5, 5.41) is 3.65. The van der Waals surface area contributed by atoms with Crippen LogP contribution in [0.5, 0.6) is 0 Å². The fourth-order valence-electron chi connectivity index (χ4n) is 1.60. The monoisotopic (exact) mass is 445 g/mol. The van der Waals surface area contributed by atoms with Gasteiger partial charge >= 0.3 is 0 Å². The fourth-order valence-corrected chi connectivity index (χ4v) is 3.18. The number of hydrogen-bond donors (Lipinski definition) is 1. The van der Waals surface area contributed by atoms with Crippen LogP contribution in [0.25, 0.3) is 0 Å². The second-order valence-corrected chi connectivity index (χ2v) is 6.24. The predicted octanol–water partition coefficient (Wildman–Crippen LogP) is 5.36. The van der Waals surface area contributed by atoms with E-state index < -0.39 is 0 Å². The SMILES string of the molecule is O=C(Nc1cccc(CBr)c1)c1ccc(Br)cc1Br. The van der Waals surface area contributed by atoms with E-state index in [0.717, 1.165) is 25.5 Å². The third-order valence-corrected chi connectivity index (χ3v) is 4.31. The van der Waals surface area contributed by atoms with Gasteiger partial charge in [0.1, 0.15) is 0 Å². The van der Waals surface area contributed by atoms with Crippen LogP contribution < -0.4 is 5.32 Å². The van der Waals surface area contributed by atoms with E-state index in [1.807, 2.05) is 36.4 Å². The number of hydrogen-bond acceptors (Lipinski definition) is 1. The van der Waals surface area contributed by atoms with Crippen molar-refractivity contribution >= 4 is 59.4 Å². The average Bonchev–Trinajstić information content (AvgIpc) is 2.38. The van der Waals surface area contributed by atoms with Gasteiger partial charge in [-0.15, -0.1) is 0 Å². The van der Waals surface area contributed by atoms with Crippen LogP contribution in [0.2, 0.25) is 0 Å². The maximum Gasteiger partial charge on any atom is 0.256 e. The van der Waals surface area contributed by atoms with Crippen LogP contribution in [0.3, 0.4) is 0 Å². The minimum atomic E-state index is -0.133. The molecule has 0 heterocycles. The molecule has 0 aromatic heterocycles. The summed E-state index contributed by atoms with van der Waals surface area (Å²) in [6.45, 7) is 0. The highest BCUT2D eigenvalue weighted by molar-refractivity contribution is 9.11. The van der Waals surface area contributed by atoms with Crippen molar-refractivity contribution in [3.05, 3.63) is 62.5 Å². The first-order chi connectivity index (χ1) is 9.10. The molecule has 0 unspecified atom stereocenters. The van der Waals surface area contributed by atoms with Gasteiger partial charge in [-0.1, -0.05) is 44.0 Å². The highest BCUT2D eigenvalue weighted by atomic mass is 79.9. The van der Waals surface area contributed by atoms with Gasteiger partial charge in [0.05, 0.1) is 5.56 Å². The minimum Gasteiger partial charge on any atom is -0.322 e. The zero-order valence-corrected chi connectivity index (χ0v) is 14.5. The number of carbonyl (C=O) groups excluding carboxylic acids is 1. The van der Waals surface area contributed by atoms with Crippen LogP contribution in [-0.4, -0.2) is 5.91 Å². The molecule has 98 valence electrons. The van der Waals surface area contributed by atoms with Crippen molar-refractivity contribution in [2.24, 2.45) is 0 Å². The molecule has 0 atom stereocenters. The van der Waals surface area contributed by atoms with Crippen molar-refractivity contribution in [1.82, 2.24) is 0 Å². The normalized spacial score (nSPS) is 10.3. The van der Waals surface area contributed by atoms with Gasteiger partial charge in [-0.2, -0.15) is 0 Å². The highest BCUT2D eigenvalue weighted by Gasteiger charge is 2.10. The Bertz CT molecular complexity index is 613. The number of benzene rings is 2. The van der Waals surface area contributed by atoms with Crippen LogP contribution in [-0.2, 0) is 5.33 Å². The Morgan fingerprint density at radius 3 is 2.58 bits per heavy atom. The molecule has 5 heteroatoms. The Hall–Kier alpha value is -0.650. The Morgan fingerprint density at radius 1 is 1.11 bits per heavy atom. The molecule has 0 aliphatic carbocycles. The van der Waals surface area contributed by atoms with Gasteiger partial charge < -0.3 is 5.32 Å². The summed E-state index contributed by atoms with van der Waals surface area (Å²) in [5.74, 6) is -0.133.